The second kappa shape index (κ2) is 8.22. The van der Waals surface area contributed by atoms with Gasteiger partial charge in [0.25, 0.3) is 5.91 Å². The molecule has 0 aliphatic carbocycles. The van der Waals surface area contributed by atoms with Gasteiger partial charge >= 0.3 is 0 Å². The average molecular weight is 391 g/mol. The molecule has 0 spiro atoms. The van der Waals surface area contributed by atoms with E-state index in [9.17, 15) is 9.59 Å². The Bertz CT molecular complexity index is 1060. The molecule has 0 radical (unpaired) electrons. The highest BCUT2D eigenvalue weighted by molar-refractivity contribution is 5.94. The van der Waals surface area contributed by atoms with Crippen molar-refractivity contribution in [3.8, 4) is 11.6 Å². The summed E-state index contributed by atoms with van der Waals surface area (Å²) in [6.45, 7) is 3.04. The van der Waals surface area contributed by atoms with Crippen molar-refractivity contribution in [1.82, 2.24) is 24.8 Å². The van der Waals surface area contributed by atoms with Crippen LogP contribution in [0.2, 0.25) is 0 Å². The van der Waals surface area contributed by atoms with Crippen LogP contribution in [-0.2, 0) is 0 Å². The van der Waals surface area contributed by atoms with Crippen LogP contribution in [0.3, 0.4) is 0 Å². The number of hydrogen-bond donors (Lipinski definition) is 1. The third-order valence-corrected chi connectivity index (χ3v) is 4.98. The first-order chi connectivity index (χ1) is 14.1. The third-order valence-electron chi connectivity index (χ3n) is 4.98. The lowest BCUT2D eigenvalue weighted by Crippen LogP contribution is -2.39. The van der Waals surface area contributed by atoms with Gasteiger partial charge in [0.1, 0.15) is 5.69 Å². The first kappa shape index (κ1) is 18.8. The van der Waals surface area contributed by atoms with Crippen LogP contribution < -0.4 is 10.3 Å². The van der Waals surface area contributed by atoms with Crippen LogP contribution in [0.1, 0.15) is 40.5 Å². The summed E-state index contributed by atoms with van der Waals surface area (Å²) in [5.74, 6) is 0.967. The summed E-state index contributed by atoms with van der Waals surface area (Å²) in [5, 5.41) is 0. The highest BCUT2D eigenvalue weighted by atomic mass is 16.5. The fourth-order valence-electron chi connectivity index (χ4n) is 3.49. The van der Waals surface area contributed by atoms with E-state index in [-0.39, 0.29) is 17.4 Å². The number of hydrogen-bond acceptors (Lipinski definition) is 6. The molecule has 1 aliphatic rings. The lowest BCUT2D eigenvalue weighted by atomic mass is 9.94. The van der Waals surface area contributed by atoms with Gasteiger partial charge in [0, 0.05) is 49.9 Å². The van der Waals surface area contributed by atoms with Gasteiger partial charge in [-0.3, -0.25) is 19.6 Å². The number of aromatic amines is 1. The quantitative estimate of drug-likeness (QED) is 0.734. The molecule has 1 aliphatic heterocycles. The zero-order valence-electron chi connectivity index (χ0n) is 16.0. The molecular weight excluding hydrogens is 370 g/mol. The fourth-order valence-corrected chi connectivity index (χ4v) is 3.49. The van der Waals surface area contributed by atoms with Gasteiger partial charge < -0.3 is 14.6 Å². The van der Waals surface area contributed by atoms with Gasteiger partial charge in [-0.25, -0.2) is 4.98 Å². The molecule has 1 fully saturated rings. The number of rotatable bonds is 4. The van der Waals surface area contributed by atoms with Crippen molar-refractivity contribution in [2.45, 2.75) is 25.7 Å². The van der Waals surface area contributed by atoms with Crippen molar-refractivity contribution < 1.29 is 9.53 Å². The predicted molar refractivity (Wildman–Crippen MR) is 106 cm³/mol. The zero-order valence-corrected chi connectivity index (χ0v) is 16.0. The lowest BCUT2D eigenvalue weighted by molar-refractivity contribution is 0.0704. The Kier molecular flexibility index (Phi) is 5.33. The van der Waals surface area contributed by atoms with Crippen LogP contribution >= 0.6 is 0 Å². The van der Waals surface area contributed by atoms with Gasteiger partial charge in [-0.05, 0) is 38.0 Å². The summed E-state index contributed by atoms with van der Waals surface area (Å²) in [6, 6.07) is 6.56. The Hall–Kier alpha value is -3.55. The number of piperidine rings is 1. The van der Waals surface area contributed by atoms with Gasteiger partial charge in [0.15, 0.2) is 5.75 Å². The minimum Gasteiger partial charge on any atom is -0.435 e. The second-order valence-electron chi connectivity index (χ2n) is 6.97. The molecule has 0 bridgehead atoms. The summed E-state index contributed by atoms with van der Waals surface area (Å²) < 4.78 is 6.01. The maximum Gasteiger partial charge on any atom is 0.255 e. The van der Waals surface area contributed by atoms with Crippen LogP contribution in [0.5, 0.6) is 11.6 Å². The van der Waals surface area contributed by atoms with E-state index in [1.807, 2.05) is 19.1 Å². The standard InChI is InChI=1S/C21H21N5O3/c1-14-17(5-2-8-22-14)29-20-19(23-9-10-24-20)16-4-3-11-26(13-16)21(28)15-6-7-18(27)25-12-15/h2,5-10,12,16H,3-4,11,13H2,1H3,(H,25,27)/t16-/m1/s1. The highest BCUT2D eigenvalue weighted by Crippen LogP contribution is 2.33. The van der Waals surface area contributed by atoms with E-state index in [2.05, 4.69) is 19.9 Å². The molecule has 4 rings (SSSR count). The summed E-state index contributed by atoms with van der Waals surface area (Å²) in [4.78, 5) is 41.6. The largest absolute Gasteiger partial charge is 0.435 e. The molecule has 8 nitrogen and oxygen atoms in total. The SMILES string of the molecule is Cc1ncccc1Oc1nccnc1[C@@H]1CCCN(C(=O)c2ccc(=O)[nH]c2)C1. The van der Waals surface area contributed by atoms with E-state index in [1.165, 1.54) is 12.3 Å². The third kappa shape index (κ3) is 4.16. The van der Waals surface area contributed by atoms with E-state index < -0.39 is 0 Å². The molecule has 4 heterocycles. The number of likely N-dealkylation sites (tertiary alicyclic amines) is 1. The Balaban J connectivity index is 1.56. The van der Waals surface area contributed by atoms with Crippen LogP contribution in [0.4, 0.5) is 0 Å². The molecule has 0 saturated carbocycles. The van der Waals surface area contributed by atoms with Crippen molar-refractivity contribution in [2.24, 2.45) is 0 Å². The number of carbonyl (C=O) groups excluding carboxylic acids is 1. The molecule has 3 aromatic rings. The monoisotopic (exact) mass is 391 g/mol. The topological polar surface area (TPSA) is 101 Å². The minimum absolute atomic E-state index is 0.0103. The summed E-state index contributed by atoms with van der Waals surface area (Å²) in [5.41, 5.74) is 1.73. The Morgan fingerprint density at radius 3 is 2.83 bits per heavy atom. The molecule has 29 heavy (non-hydrogen) atoms. The smallest absolute Gasteiger partial charge is 0.255 e. The van der Waals surface area contributed by atoms with Crippen molar-refractivity contribution >= 4 is 5.91 Å². The van der Waals surface area contributed by atoms with Crippen molar-refractivity contribution in [1.29, 1.82) is 0 Å². The molecule has 1 saturated heterocycles. The summed E-state index contributed by atoms with van der Waals surface area (Å²) in [6.07, 6.45) is 8.13. The van der Waals surface area contributed by atoms with Crippen LogP contribution in [0.15, 0.2) is 53.8 Å². The maximum absolute atomic E-state index is 12.8. The number of pyridine rings is 2. The van der Waals surface area contributed by atoms with Gasteiger partial charge in [-0.2, -0.15) is 0 Å². The number of nitrogens with one attached hydrogen (secondary N) is 1. The number of amides is 1. The molecular formula is C21H21N5O3. The number of aromatic nitrogens is 4. The predicted octanol–water partition coefficient (Wildman–Crippen LogP) is 2.68. The first-order valence-electron chi connectivity index (χ1n) is 9.50. The van der Waals surface area contributed by atoms with E-state index in [1.54, 1.807) is 29.6 Å². The zero-order chi connectivity index (χ0) is 20.2. The van der Waals surface area contributed by atoms with Crippen molar-refractivity contribution in [3.05, 3.63) is 76.4 Å². The lowest BCUT2D eigenvalue weighted by Gasteiger charge is -2.32. The summed E-state index contributed by atoms with van der Waals surface area (Å²) >= 11 is 0. The second-order valence-corrected chi connectivity index (χ2v) is 6.97. The Morgan fingerprint density at radius 1 is 1.17 bits per heavy atom. The molecule has 1 atom stereocenters. The Morgan fingerprint density at radius 2 is 2.03 bits per heavy atom. The molecule has 8 heteroatoms. The average Bonchev–Trinajstić information content (AvgIpc) is 2.76. The summed E-state index contributed by atoms with van der Waals surface area (Å²) in [7, 11) is 0. The van der Waals surface area contributed by atoms with E-state index >= 15 is 0 Å². The molecule has 3 aromatic heterocycles. The van der Waals surface area contributed by atoms with Gasteiger partial charge in [0.2, 0.25) is 11.4 Å². The van der Waals surface area contributed by atoms with Crippen LogP contribution in [-0.4, -0.2) is 43.8 Å². The number of aryl methyl sites for hydroxylation is 1. The van der Waals surface area contributed by atoms with Crippen LogP contribution in [0.25, 0.3) is 0 Å². The molecule has 0 aromatic carbocycles. The molecule has 0 unspecified atom stereocenters. The number of carbonyl (C=O) groups is 1. The van der Waals surface area contributed by atoms with Crippen LogP contribution in [0, 0.1) is 6.92 Å². The fraction of sp³-hybridized carbons (Fsp3) is 0.286. The Labute approximate surface area is 167 Å². The van der Waals surface area contributed by atoms with Gasteiger partial charge in [-0.1, -0.05) is 0 Å². The van der Waals surface area contributed by atoms with E-state index in [0.717, 1.165) is 24.2 Å². The van der Waals surface area contributed by atoms with Gasteiger partial charge in [-0.15, -0.1) is 0 Å². The maximum atomic E-state index is 12.8. The van der Waals surface area contributed by atoms with Gasteiger partial charge in [0.05, 0.1) is 11.3 Å². The normalized spacial score (nSPS) is 16.4. The highest BCUT2D eigenvalue weighted by Gasteiger charge is 2.29. The molecule has 1 amide bonds. The van der Waals surface area contributed by atoms with E-state index in [4.69, 9.17) is 4.74 Å². The number of nitrogens with zero attached hydrogens (tertiary/aromatic N) is 4. The van der Waals surface area contributed by atoms with E-state index in [0.29, 0.717) is 30.3 Å². The first-order valence-corrected chi connectivity index (χ1v) is 9.50. The van der Waals surface area contributed by atoms with Crippen molar-refractivity contribution in [2.75, 3.05) is 13.1 Å². The number of H-pyrrole nitrogens is 1. The minimum atomic E-state index is -0.231. The molecule has 148 valence electrons. The van der Waals surface area contributed by atoms with Crippen molar-refractivity contribution in [3.63, 3.8) is 0 Å². The number of ether oxygens (including phenoxy) is 1. The molecule has 1 N–H and O–H groups in total.